The van der Waals surface area contributed by atoms with Crippen LogP contribution in [0.1, 0.15) is 0 Å². The number of piperazine rings is 1. The summed E-state index contributed by atoms with van der Waals surface area (Å²) in [6, 6.07) is 9.52. The van der Waals surface area contributed by atoms with Gasteiger partial charge in [0.1, 0.15) is 0 Å². The molecule has 1 N–H and O–H groups in total. The summed E-state index contributed by atoms with van der Waals surface area (Å²) in [4.78, 5) is 1.97. The molecule has 0 aliphatic carbocycles. The second-order valence-electron chi connectivity index (χ2n) is 3.79. The highest BCUT2D eigenvalue weighted by Crippen LogP contribution is 2.34. The largest absolute Gasteiger partial charge is 0.443 e. The number of nitrogens with one attached hydrogen (secondary N) is 1. The van der Waals surface area contributed by atoms with E-state index in [9.17, 15) is 13.2 Å². The van der Waals surface area contributed by atoms with E-state index < -0.39 is 10.9 Å². The van der Waals surface area contributed by atoms with Gasteiger partial charge in [-0.25, -0.2) is 0 Å². The molecule has 6 heteroatoms. The van der Waals surface area contributed by atoms with E-state index in [0.717, 1.165) is 12.2 Å². The quantitative estimate of drug-likeness (QED) is 0.882. The normalized spacial score (nSPS) is 21.6. The third kappa shape index (κ3) is 3.81. The summed E-state index contributed by atoms with van der Waals surface area (Å²) >= 11 is 0.0233. The van der Waals surface area contributed by atoms with Crippen LogP contribution in [0.25, 0.3) is 0 Å². The number of nitrogens with zero attached hydrogens (tertiary/aromatic N) is 1. The lowest BCUT2D eigenvalue weighted by atomic mass is 10.2. The molecule has 0 radical (unpaired) electrons. The van der Waals surface area contributed by atoms with Gasteiger partial charge in [0.2, 0.25) is 0 Å². The maximum atomic E-state index is 12.3. The first-order valence-corrected chi connectivity index (χ1v) is 6.20. The van der Waals surface area contributed by atoms with Crippen LogP contribution in [0.15, 0.2) is 30.3 Å². The number of rotatable bonds is 2. The minimum absolute atomic E-state index is 0.0233. The SMILES string of the molecule is FC(F)(F)SC1CN(c2ccccc2)CCN1. The van der Waals surface area contributed by atoms with Crippen LogP contribution < -0.4 is 10.2 Å². The maximum absolute atomic E-state index is 12.3. The number of alkyl halides is 3. The van der Waals surface area contributed by atoms with Crippen molar-refractivity contribution in [2.75, 3.05) is 24.5 Å². The summed E-state index contributed by atoms with van der Waals surface area (Å²) < 4.78 is 36.8. The van der Waals surface area contributed by atoms with E-state index in [-0.39, 0.29) is 11.8 Å². The van der Waals surface area contributed by atoms with Crippen molar-refractivity contribution in [3.8, 4) is 0 Å². The molecule has 1 aliphatic heterocycles. The van der Waals surface area contributed by atoms with Gasteiger partial charge in [-0.05, 0) is 23.9 Å². The van der Waals surface area contributed by atoms with Gasteiger partial charge in [-0.2, -0.15) is 13.2 Å². The van der Waals surface area contributed by atoms with Crippen LogP contribution in [-0.2, 0) is 0 Å². The fourth-order valence-corrected chi connectivity index (χ4v) is 2.61. The Morgan fingerprint density at radius 2 is 1.94 bits per heavy atom. The molecule has 1 aromatic carbocycles. The minimum atomic E-state index is -4.18. The van der Waals surface area contributed by atoms with Crippen LogP contribution in [0.5, 0.6) is 0 Å². The Hall–Kier alpha value is -0.880. The molecule has 0 amide bonds. The monoisotopic (exact) mass is 262 g/mol. The van der Waals surface area contributed by atoms with E-state index in [1.54, 1.807) is 0 Å². The zero-order valence-corrected chi connectivity index (χ0v) is 9.89. The summed E-state index contributed by atoms with van der Waals surface area (Å²) in [5.41, 5.74) is -3.21. The highest BCUT2D eigenvalue weighted by atomic mass is 32.2. The predicted octanol–water partition coefficient (Wildman–Crippen LogP) is 2.68. The van der Waals surface area contributed by atoms with Gasteiger partial charge < -0.3 is 10.2 Å². The maximum Gasteiger partial charge on any atom is 0.443 e. The number of para-hydroxylation sites is 1. The first-order valence-electron chi connectivity index (χ1n) is 5.32. The van der Waals surface area contributed by atoms with Gasteiger partial charge in [0.15, 0.2) is 0 Å². The Morgan fingerprint density at radius 1 is 1.24 bits per heavy atom. The number of benzene rings is 1. The van der Waals surface area contributed by atoms with Crippen LogP contribution >= 0.6 is 11.8 Å². The van der Waals surface area contributed by atoms with E-state index in [1.165, 1.54) is 0 Å². The van der Waals surface area contributed by atoms with E-state index in [4.69, 9.17) is 0 Å². The van der Waals surface area contributed by atoms with Gasteiger partial charge in [-0.1, -0.05) is 18.2 Å². The summed E-state index contributed by atoms with van der Waals surface area (Å²) in [5, 5.41) is 2.28. The van der Waals surface area contributed by atoms with Crippen molar-refractivity contribution < 1.29 is 13.2 Å². The van der Waals surface area contributed by atoms with Crippen LogP contribution in [0, 0.1) is 0 Å². The lowest BCUT2D eigenvalue weighted by molar-refractivity contribution is -0.0336. The Balaban J connectivity index is 1.98. The number of thioether (sulfide) groups is 1. The summed E-state index contributed by atoms with van der Waals surface area (Å²) in [6.45, 7) is 1.68. The second-order valence-corrected chi connectivity index (χ2v) is 5.06. The highest BCUT2D eigenvalue weighted by molar-refractivity contribution is 8.00. The molecule has 1 unspecified atom stereocenters. The lowest BCUT2D eigenvalue weighted by Crippen LogP contribution is -2.50. The molecule has 1 saturated heterocycles. The van der Waals surface area contributed by atoms with Crippen LogP contribution in [0.3, 0.4) is 0 Å². The molecule has 1 atom stereocenters. The molecular weight excluding hydrogens is 249 g/mol. The first-order chi connectivity index (χ1) is 8.04. The molecular formula is C11H13F3N2S. The van der Waals surface area contributed by atoms with Crippen molar-refractivity contribution >= 4 is 17.4 Å². The van der Waals surface area contributed by atoms with Crippen LogP contribution in [0.4, 0.5) is 18.9 Å². The van der Waals surface area contributed by atoms with E-state index in [0.29, 0.717) is 13.1 Å². The van der Waals surface area contributed by atoms with Crippen molar-refractivity contribution in [3.63, 3.8) is 0 Å². The standard InChI is InChI=1S/C11H13F3N2S/c12-11(13,14)17-10-8-16(7-6-15-10)9-4-2-1-3-5-9/h1-5,10,15H,6-8H2. The molecule has 1 fully saturated rings. The van der Waals surface area contributed by atoms with Crippen molar-refractivity contribution in [2.24, 2.45) is 0 Å². The molecule has 1 aromatic rings. The van der Waals surface area contributed by atoms with Gasteiger partial charge in [-0.3, -0.25) is 0 Å². The number of anilines is 1. The fourth-order valence-electron chi connectivity index (χ4n) is 1.83. The number of halogens is 3. The van der Waals surface area contributed by atoms with Crippen molar-refractivity contribution in [1.82, 2.24) is 5.32 Å². The van der Waals surface area contributed by atoms with Gasteiger partial charge in [0.05, 0.1) is 5.37 Å². The molecule has 1 aliphatic rings. The minimum Gasteiger partial charge on any atom is -0.368 e. The second kappa shape index (κ2) is 5.18. The Morgan fingerprint density at radius 3 is 2.59 bits per heavy atom. The van der Waals surface area contributed by atoms with E-state index in [2.05, 4.69) is 5.32 Å². The lowest BCUT2D eigenvalue weighted by Gasteiger charge is -2.35. The van der Waals surface area contributed by atoms with Crippen molar-refractivity contribution in [3.05, 3.63) is 30.3 Å². The number of hydrogen-bond donors (Lipinski definition) is 1. The third-order valence-corrected chi connectivity index (χ3v) is 3.40. The average molecular weight is 262 g/mol. The smallest absolute Gasteiger partial charge is 0.368 e. The van der Waals surface area contributed by atoms with Crippen molar-refractivity contribution in [2.45, 2.75) is 10.9 Å². The highest BCUT2D eigenvalue weighted by Gasteiger charge is 2.35. The zero-order chi connectivity index (χ0) is 12.3. The molecule has 94 valence electrons. The molecule has 0 spiro atoms. The molecule has 0 saturated carbocycles. The Kier molecular flexibility index (Phi) is 3.83. The predicted molar refractivity (Wildman–Crippen MR) is 64.1 cm³/mol. The summed E-state index contributed by atoms with van der Waals surface area (Å²) in [6.07, 6.45) is 0. The molecule has 0 bridgehead atoms. The molecule has 2 rings (SSSR count). The molecule has 2 nitrogen and oxygen atoms in total. The topological polar surface area (TPSA) is 15.3 Å². The van der Waals surface area contributed by atoms with Crippen LogP contribution in [0.2, 0.25) is 0 Å². The van der Waals surface area contributed by atoms with Crippen molar-refractivity contribution in [1.29, 1.82) is 0 Å². The Labute approximate surface area is 102 Å². The first kappa shape index (κ1) is 12.6. The molecule has 0 aromatic heterocycles. The summed E-state index contributed by atoms with van der Waals surface area (Å²) in [5.74, 6) is 0. The van der Waals surface area contributed by atoms with Gasteiger partial charge >= 0.3 is 5.51 Å². The van der Waals surface area contributed by atoms with Gasteiger partial charge in [0.25, 0.3) is 0 Å². The van der Waals surface area contributed by atoms with E-state index >= 15 is 0 Å². The zero-order valence-electron chi connectivity index (χ0n) is 9.07. The Bertz CT molecular complexity index is 355. The van der Waals surface area contributed by atoms with Crippen LogP contribution in [-0.4, -0.2) is 30.5 Å². The summed E-state index contributed by atoms with van der Waals surface area (Å²) in [7, 11) is 0. The third-order valence-electron chi connectivity index (χ3n) is 2.54. The number of hydrogen-bond acceptors (Lipinski definition) is 3. The van der Waals surface area contributed by atoms with Gasteiger partial charge in [0, 0.05) is 25.3 Å². The molecule has 1 heterocycles. The molecule has 17 heavy (non-hydrogen) atoms. The van der Waals surface area contributed by atoms with E-state index in [1.807, 2.05) is 35.2 Å². The average Bonchev–Trinajstić information content (AvgIpc) is 2.28. The fraction of sp³-hybridized carbons (Fsp3) is 0.455. The van der Waals surface area contributed by atoms with Gasteiger partial charge in [-0.15, -0.1) is 0 Å².